The number of amides is 1. The van der Waals surface area contributed by atoms with E-state index in [9.17, 15) is 13.2 Å². The maximum Gasteiger partial charge on any atom is 0.270 e. The Kier molecular flexibility index (Phi) is 6.63. The average Bonchev–Trinajstić information content (AvgIpc) is 3.17. The lowest BCUT2D eigenvalue weighted by Gasteiger charge is -2.13. The molecule has 1 aromatic heterocycles. The Labute approximate surface area is 178 Å². The lowest BCUT2D eigenvalue weighted by atomic mass is 10.1. The molecule has 2 N–H and O–H groups in total. The summed E-state index contributed by atoms with van der Waals surface area (Å²) in [6, 6.07) is 13.8. The Morgan fingerprint density at radius 2 is 1.83 bits per heavy atom. The van der Waals surface area contributed by atoms with Crippen molar-refractivity contribution in [1.29, 1.82) is 0 Å². The van der Waals surface area contributed by atoms with Gasteiger partial charge in [0.25, 0.3) is 15.9 Å². The van der Waals surface area contributed by atoms with Gasteiger partial charge in [0, 0.05) is 6.04 Å². The number of anilines is 1. The van der Waals surface area contributed by atoms with Gasteiger partial charge in [0.1, 0.15) is 0 Å². The first-order chi connectivity index (χ1) is 13.8. The van der Waals surface area contributed by atoms with E-state index in [1.165, 1.54) is 5.56 Å². The van der Waals surface area contributed by atoms with Crippen molar-refractivity contribution in [1.82, 2.24) is 14.9 Å². The van der Waals surface area contributed by atoms with Crippen LogP contribution < -0.4 is 10.0 Å². The van der Waals surface area contributed by atoms with Gasteiger partial charge in [0.2, 0.25) is 9.47 Å². The number of carbonyl (C=O) groups excluding carboxylic acids is 1. The summed E-state index contributed by atoms with van der Waals surface area (Å²) in [7, 11) is -3.89. The summed E-state index contributed by atoms with van der Waals surface area (Å²) in [5.74, 6) is -0.493. The molecule has 1 amide bonds. The Balaban J connectivity index is 1.71. The highest BCUT2D eigenvalue weighted by atomic mass is 35.5. The van der Waals surface area contributed by atoms with E-state index in [0.717, 1.165) is 23.3 Å². The second kappa shape index (κ2) is 9.00. The van der Waals surface area contributed by atoms with E-state index in [-0.39, 0.29) is 20.1 Å². The normalized spacial score (nSPS) is 12.5. The van der Waals surface area contributed by atoms with Gasteiger partial charge in [0.05, 0.1) is 10.6 Å². The lowest BCUT2D eigenvalue weighted by Crippen LogP contribution is -2.26. The molecule has 1 heterocycles. The largest absolute Gasteiger partial charge is 0.296 e. The molecule has 0 radical (unpaired) electrons. The number of aromatic nitrogens is 2. The van der Waals surface area contributed by atoms with Gasteiger partial charge in [-0.1, -0.05) is 66.3 Å². The number of rotatable bonds is 7. The van der Waals surface area contributed by atoms with E-state index < -0.39 is 22.0 Å². The van der Waals surface area contributed by atoms with Crippen molar-refractivity contribution in [2.24, 2.45) is 0 Å². The topological polar surface area (TPSA) is 101 Å². The summed E-state index contributed by atoms with van der Waals surface area (Å²) < 4.78 is 27.6. The number of aryl methyl sites for hydroxylation is 1. The summed E-state index contributed by atoms with van der Waals surface area (Å²) >= 11 is 6.76. The number of halogens is 1. The fourth-order valence-corrected chi connectivity index (χ4v) is 4.94. The lowest BCUT2D eigenvalue weighted by molar-refractivity contribution is 0.102. The van der Waals surface area contributed by atoms with E-state index in [2.05, 4.69) is 27.2 Å². The summed E-state index contributed by atoms with van der Waals surface area (Å²) in [5, 5.41) is 10.3. The molecule has 3 rings (SSSR count). The monoisotopic (exact) mass is 450 g/mol. The number of hydrogen-bond acceptors (Lipinski definition) is 6. The Morgan fingerprint density at radius 1 is 1.14 bits per heavy atom. The molecule has 0 aliphatic rings. The number of carbonyl (C=O) groups is 1. The van der Waals surface area contributed by atoms with Crippen LogP contribution in [0.4, 0.5) is 5.13 Å². The van der Waals surface area contributed by atoms with Crippen molar-refractivity contribution in [2.75, 3.05) is 5.32 Å². The van der Waals surface area contributed by atoms with E-state index in [4.69, 9.17) is 11.6 Å². The van der Waals surface area contributed by atoms with Crippen molar-refractivity contribution in [3.63, 3.8) is 0 Å². The van der Waals surface area contributed by atoms with Crippen molar-refractivity contribution in [2.45, 2.75) is 30.6 Å². The summed E-state index contributed by atoms with van der Waals surface area (Å²) in [4.78, 5) is 12.3. The SMILES string of the molecule is CCc1ccc([C@H](C)NS(=O)(=O)c2nnc(NC(=O)c3ccccc3Cl)s2)cc1. The number of benzene rings is 2. The van der Waals surface area contributed by atoms with Crippen LogP contribution in [-0.4, -0.2) is 24.5 Å². The van der Waals surface area contributed by atoms with Crippen molar-refractivity contribution in [3.05, 3.63) is 70.2 Å². The quantitative estimate of drug-likeness (QED) is 0.529. The number of nitrogens with zero attached hydrogens (tertiary/aromatic N) is 2. The second-order valence-corrected chi connectivity index (χ2v) is 9.52. The molecule has 10 heteroatoms. The molecule has 3 aromatic rings. The summed E-state index contributed by atoms with van der Waals surface area (Å²) in [6.07, 6.45) is 0.911. The first-order valence-corrected chi connectivity index (χ1v) is 11.5. The molecule has 0 saturated heterocycles. The minimum Gasteiger partial charge on any atom is -0.296 e. The number of sulfonamides is 1. The van der Waals surface area contributed by atoms with Crippen LogP contribution in [0.2, 0.25) is 5.02 Å². The van der Waals surface area contributed by atoms with Crippen LogP contribution >= 0.6 is 22.9 Å². The Morgan fingerprint density at radius 3 is 2.48 bits per heavy atom. The van der Waals surface area contributed by atoms with Gasteiger partial charge in [0.15, 0.2) is 0 Å². The first-order valence-electron chi connectivity index (χ1n) is 8.80. The van der Waals surface area contributed by atoms with E-state index in [1.807, 2.05) is 24.3 Å². The van der Waals surface area contributed by atoms with Crippen molar-refractivity contribution in [3.8, 4) is 0 Å². The number of hydrogen-bond donors (Lipinski definition) is 2. The van der Waals surface area contributed by atoms with E-state index in [0.29, 0.717) is 0 Å². The van der Waals surface area contributed by atoms with Gasteiger partial charge in [-0.25, -0.2) is 13.1 Å². The van der Waals surface area contributed by atoms with Crippen LogP contribution in [0.25, 0.3) is 0 Å². The molecule has 0 aliphatic heterocycles. The van der Waals surface area contributed by atoms with Crippen molar-refractivity contribution >= 4 is 44.0 Å². The zero-order valence-electron chi connectivity index (χ0n) is 15.7. The molecular formula is C19H19ClN4O3S2. The second-order valence-electron chi connectivity index (χ2n) is 6.25. The van der Waals surface area contributed by atoms with Gasteiger partial charge >= 0.3 is 0 Å². The highest BCUT2D eigenvalue weighted by molar-refractivity contribution is 7.91. The molecule has 0 bridgehead atoms. The summed E-state index contributed by atoms with van der Waals surface area (Å²) in [5.41, 5.74) is 2.27. The molecule has 2 aromatic carbocycles. The van der Waals surface area contributed by atoms with Gasteiger partial charge in [-0.2, -0.15) is 0 Å². The van der Waals surface area contributed by atoms with Gasteiger partial charge in [-0.15, -0.1) is 10.2 Å². The Bertz CT molecular complexity index is 1110. The Hall–Kier alpha value is -2.33. The third-order valence-corrected chi connectivity index (χ3v) is 7.27. The molecular weight excluding hydrogens is 432 g/mol. The predicted octanol–water partition coefficient (Wildman–Crippen LogP) is 4.05. The molecule has 0 aliphatic carbocycles. The maximum atomic E-state index is 12.6. The van der Waals surface area contributed by atoms with Crippen LogP contribution in [0, 0.1) is 0 Å². The zero-order valence-corrected chi connectivity index (χ0v) is 18.1. The molecule has 0 saturated carbocycles. The average molecular weight is 451 g/mol. The first kappa shape index (κ1) is 21.4. The molecule has 1 atom stereocenters. The minimum absolute atomic E-state index is 0.0650. The highest BCUT2D eigenvalue weighted by Gasteiger charge is 2.24. The predicted molar refractivity (Wildman–Crippen MR) is 114 cm³/mol. The standard InChI is InChI=1S/C19H19ClN4O3S2/c1-3-13-8-10-14(11-9-13)12(2)24-29(26,27)19-23-22-18(28-19)21-17(25)15-6-4-5-7-16(15)20/h4-12,24H,3H2,1-2H3,(H,21,22,25)/t12-/m0/s1. The molecule has 0 unspecified atom stereocenters. The maximum absolute atomic E-state index is 12.6. The van der Waals surface area contributed by atoms with Gasteiger partial charge in [-0.05, 0) is 36.6 Å². The third-order valence-electron chi connectivity index (χ3n) is 4.20. The van der Waals surface area contributed by atoms with Crippen LogP contribution in [0.15, 0.2) is 52.9 Å². The van der Waals surface area contributed by atoms with E-state index >= 15 is 0 Å². The minimum atomic E-state index is -3.89. The smallest absolute Gasteiger partial charge is 0.270 e. The van der Waals surface area contributed by atoms with Crippen LogP contribution in [0.5, 0.6) is 0 Å². The zero-order chi connectivity index (χ0) is 21.0. The van der Waals surface area contributed by atoms with Gasteiger partial charge < -0.3 is 0 Å². The van der Waals surface area contributed by atoms with Crippen LogP contribution in [-0.2, 0) is 16.4 Å². The summed E-state index contributed by atoms with van der Waals surface area (Å²) in [6.45, 7) is 3.80. The van der Waals surface area contributed by atoms with Crippen LogP contribution in [0.3, 0.4) is 0 Å². The molecule has 152 valence electrons. The fraction of sp³-hybridized carbons (Fsp3) is 0.211. The van der Waals surface area contributed by atoms with Gasteiger partial charge in [-0.3, -0.25) is 10.1 Å². The molecule has 0 fully saturated rings. The number of nitrogens with one attached hydrogen (secondary N) is 2. The fourth-order valence-electron chi connectivity index (χ4n) is 2.57. The van der Waals surface area contributed by atoms with Crippen molar-refractivity contribution < 1.29 is 13.2 Å². The molecule has 29 heavy (non-hydrogen) atoms. The molecule has 0 spiro atoms. The third kappa shape index (κ3) is 5.18. The van der Waals surface area contributed by atoms with Crippen LogP contribution in [0.1, 0.15) is 41.4 Å². The highest BCUT2D eigenvalue weighted by Crippen LogP contribution is 2.24. The van der Waals surface area contributed by atoms with E-state index in [1.54, 1.807) is 31.2 Å². The molecule has 7 nitrogen and oxygen atoms in total.